The van der Waals surface area contributed by atoms with Crippen LogP contribution in [0.1, 0.15) is 33.5 Å². The van der Waals surface area contributed by atoms with Crippen LogP contribution >= 0.6 is 0 Å². The summed E-state index contributed by atoms with van der Waals surface area (Å²) in [7, 11) is 0. The van der Waals surface area contributed by atoms with Crippen molar-refractivity contribution in [2.45, 2.75) is 34.2 Å². The molecule has 0 atom stereocenters. The van der Waals surface area contributed by atoms with E-state index in [-0.39, 0.29) is 0 Å². The van der Waals surface area contributed by atoms with Gasteiger partial charge in [0.05, 0.1) is 12.7 Å². The topological polar surface area (TPSA) is 38.1 Å². The van der Waals surface area contributed by atoms with E-state index in [4.69, 9.17) is 4.42 Å². The van der Waals surface area contributed by atoms with Crippen LogP contribution < -0.4 is 5.32 Å². The van der Waals surface area contributed by atoms with Crippen LogP contribution in [0.3, 0.4) is 0 Å². The van der Waals surface area contributed by atoms with Gasteiger partial charge in [0, 0.05) is 6.54 Å². The van der Waals surface area contributed by atoms with E-state index in [1.54, 1.807) is 6.20 Å². The Labute approximate surface area is 85.9 Å². The molecule has 14 heavy (non-hydrogen) atoms. The SMILES string of the molecule is CC(C)C(C)(C)CNCc1cnco1. The highest BCUT2D eigenvalue weighted by Gasteiger charge is 2.21. The molecule has 1 rings (SSSR count). The molecular weight excluding hydrogens is 176 g/mol. The van der Waals surface area contributed by atoms with Crippen LogP contribution in [0.25, 0.3) is 0 Å². The van der Waals surface area contributed by atoms with Gasteiger partial charge in [-0.15, -0.1) is 0 Å². The maximum Gasteiger partial charge on any atom is 0.180 e. The molecule has 0 bridgehead atoms. The highest BCUT2D eigenvalue weighted by molar-refractivity contribution is 4.88. The van der Waals surface area contributed by atoms with Gasteiger partial charge >= 0.3 is 0 Å². The molecule has 0 fully saturated rings. The molecule has 0 spiro atoms. The van der Waals surface area contributed by atoms with Gasteiger partial charge in [-0.25, -0.2) is 4.98 Å². The first-order chi connectivity index (χ1) is 6.52. The summed E-state index contributed by atoms with van der Waals surface area (Å²) in [4.78, 5) is 3.87. The zero-order chi connectivity index (χ0) is 10.6. The van der Waals surface area contributed by atoms with E-state index in [9.17, 15) is 0 Å². The molecule has 0 aliphatic rings. The van der Waals surface area contributed by atoms with E-state index in [2.05, 4.69) is 38.0 Å². The predicted molar refractivity (Wildman–Crippen MR) is 56.8 cm³/mol. The fraction of sp³-hybridized carbons (Fsp3) is 0.727. The number of rotatable bonds is 5. The van der Waals surface area contributed by atoms with Crippen molar-refractivity contribution in [1.29, 1.82) is 0 Å². The number of hydrogen-bond donors (Lipinski definition) is 1. The summed E-state index contributed by atoms with van der Waals surface area (Å²) >= 11 is 0. The summed E-state index contributed by atoms with van der Waals surface area (Å²) in [5.41, 5.74) is 0.319. The molecule has 1 aromatic heterocycles. The summed E-state index contributed by atoms with van der Waals surface area (Å²) in [5.74, 6) is 1.56. The van der Waals surface area contributed by atoms with Gasteiger partial charge in [0.25, 0.3) is 0 Å². The summed E-state index contributed by atoms with van der Waals surface area (Å²) in [6, 6.07) is 0. The number of nitrogens with zero attached hydrogens (tertiary/aromatic N) is 1. The summed E-state index contributed by atoms with van der Waals surface area (Å²) < 4.78 is 5.14. The van der Waals surface area contributed by atoms with Crippen LogP contribution in [0.2, 0.25) is 0 Å². The van der Waals surface area contributed by atoms with Crippen LogP contribution in [0, 0.1) is 11.3 Å². The molecule has 0 aromatic carbocycles. The molecule has 0 radical (unpaired) electrons. The molecule has 3 nitrogen and oxygen atoms in total. The fourth-order valence-electron chi connectivity index (χ4n) is 1.04. The number of aromatic nitrogens is 1. The van der Waals surface area contributed by atoms with Gasteiger partial charge in [0.15, 0.2) is 6.39 Å². The molecule has 0 amide bonds. The van der Waals surface area contributed by atoms with E-state index >= 15 is 0 Å². The zero-order valence-electron chi connectivity index (χ0n) is 9.50. The molecule has 0 saturated heterocycles. The van der Waals surface area contributed by atoms with E-state index in [1.807, 2.05) is 0 Å². The average Bonchev–Trinajstić information content (AvgIpc) is 2.56. The Morgan fingerprint density at radius 1 is 1.50 bits per heavy atom. The summed E-state index contributed by atoms with van der Waals surface area (Å²) in [6.45, 7) is 10.8. The van der Waals surface area contributed by atoms with Crippen molar-refractivity contribution in [1.82, 2.24) is 10.3 Å². The molecule has 0 aliphatic heterocycles. The van der Waals surface area contributed by atoms with Gasteiger partial charge in [0.2, 0.25) is 0 Å². The lowest BCUT2D eigenvalue weighted by Gasteiger charge is -2.29. The molecule has 0 saturated carbocycles. The van der Waals surface area contributed by atoms with Crippen molar-refractivity contribution in [2.24, 2.45) is 11.3 Å². The molecule has 80 valence electrons. The average molecular weight is 196 g/mol. The minimum absolute atomic E-state index is 0.319. The van der Waals surface area contributed by atoms with Gasteiger partial charge in [-0.2, -0.15) is 0 Å². The molecule has 0 aliphatic carbocycles. The zero-order valence-corrected chi connectivity index (χ0v) is 9.50. The first-order valence-electron chi connectivity index (χ1n) is 5.10. The Morgan fingerprint density at radius 2 is 2.21 bits per heavy atom. The van der Waals surface area contributed by atoms with Gasteiger partial charge in [0.1, 0.15) is 5.76 Å². The quantitative estimate of drug-likeness (QED) is 0.786. The minimum atomic E-state index is 0.319. The second kappa shape index (κ2) is 4.60. The third-order valence-corrected chi connectivity index (χ3v) is 2.93. The van der Waals surface area contributed by atoms with Crippen LogP contribution in [-0.2, 0) is 6.54 Å². The lowest BCUT2D eigenvalue weighted by Crippen LogP contribution is -2.33. The standard InChI is InChI=1S/C11H20N2O/c1-9(2)11(3,4)7-12-5-10-6-13-8-14-10/h6,8-9,12H,5,7H2,1-4H3. The van der Waals surface area contributed by atoms with Crippen molar-refractivity contribution in [3.8, 4) is 0 Å². The van der Waals surface area contributed by atoms with Crippen LogP contribution in [0.15, 0.2) is 17.0 Å². The van der Waals surface area contributed by atoms with Gasteiger partial charge in [-0.05, 0) is 11.3 Å². The van der Waals surface area contributed by atoms with E-state index < -0.39 is 0 Å². The number of hydrogen-bond acceptors (Lipinski definition) is 3. The first-order valence-corrected chi connectivity index (χ1v) is 5.10. The monoisotopic (exact) mass is 196 g/mol. The summed E-state index contributed by atoms with van der Waals surface area (Å²) in [6.07, 6.45) is 3.21. The Morgan fingerprint density at radius 3 is 2.71 bits per heavy atom. The van der Waals surface area contributed by atoms with Crippen molar-refractivity contribution in [2.75, 3.05) is 6.54 Å². The van der Waals surface area contributed by atoms with Crippen molar-refractivity contribution >= 4 is 0 Å². The third kappa shape index (κ3) is 3.14. The lowest BCUT2D eigenvalue weighted by molar-refractivity contribution is 0.235. The molecule has 1 heterocycles. The van der Waals surface area contributed by atoms with Crippen LogP contribution in [-0.4, -0.2) is 11.5 Å². The Balaban J connectivity index is 2.28. The molecule has 0 unspecified atom stereocenters. The molecule has 1 N–H and O–H groups in total. The second-order valence-corrected chi connectivity index (χ2v) is 4.71. The first kappa shape index (κ1) is 11.2. The van der Waals surface area contributed by atoms with Crippen molar-refractivity contribution in [3.63, 3.8) is 0 Å². The van der Waals surface area contributed by atoms with Crippen LogP contribution in [0.4, 0.5) is 0 Å². The molecular formula is C11H20N2O. The molecule has 3 heteroatoms. The van der Waals surface area contributed by atoms with E-state index in [0.717, 1.165) is 18.8 Å². The fourth-order valence-corrected chi connectivity index (χ4v) is 1.04. The highest BCUT2D eigenvalue weighted by atomic mass is 16.3. The Kier molecular flexibility index (Phi) is 3.69. The van der Waals surface area contributed by atoms with Gasteiger partial charge in [-0.1, -0.05) is 27.7 Å². The Bertz CT molecular complexity index is 252. The third-order valence-electron chi connectivity index (χ3n) is 2.93. The van der Waals surface area contributed by atoms with E-state index in [1.165, 1.54) is 6.39 Å². The normalized spacial score (nSPS) is 12.4. The summed E-state index contributed by atoms with van der Waals surface area (Å²) in [5, 5.41) is 3.38. The maximum atomic E-state index is 5.14. The van der Waals surface area contributed by atoms with Gasteiger partial charge < -0.3 is 9.73 Å². The minimum Gasteiger partial charge on any atom is -0.447 e. The van der Waals surface area contributed by atoms with Crippen molar-refractivity contribution in [3.05, 3.63) is 18.4 Å². The highest BCUT2D eigenvalue weighted by Crippen LogP contribution is 2.24. The lowest BCUT2D eigenvalue weighted by atomic mass is 9.81. The maximum absolute atomic E-state index is 5.14. The Hall–Kier alpha value is -0.830. The van der Waals surface area contributed by atoms with Crippen LogP contribution in [0.5, 0.6) is 0 Å². The molecule has 1 aromatic rings. The van der Waals surface area contributed by atoms with E-state index in [0.29, 0.717) is 11.3 Å². The predicted octanol–water partition coefficient (Wildman–Crippen LogP) is 2.45. The largest absolute Gasteiger partial charge is 0.447 e. The number of nitrogens with one attached hydrogen (secondary N) is 1. The number of oxazole rings is 1. The second-order valence-electron chi connectivity index (χ2n) is 4.71. The smallest absolute Gasteiger partial charge is 0.180 e. The van der Waals surface area contributed by atoms with Crippen molar-refractivity contribution < 1.29 is 4.42 Å². The van der Waals surface area contributed by atoms with Gasteiger partial charge in [-0.3, -0.25) is 0 Å².